The Morgan fingerprint density at radius 1 is 1.03 bits per heavy atom. The fourth-order valence-electron chi connectivity index (χ4n) is 3.75. The third kappa shape index (κ3) is 4.57. The molecule has 8 heteroatoms. The van der Waals surface area contributed by atoms with Crippen molar-refractivity contribution in [2.45, 2.75) is 33.2 Å². The molecule has 0 bridgehead atoms. The molecule has 4 rings (SSSR count). The van der Waals surface area contributed by atoms with E-state index < -0.39 is 0 Å². The molecular formula is C24H24ClN5O2. The van der Waals surface area contributed by atoms with E-state index in [4.69, 9.17) is 11.6 Å². The van der Waals surface area contributed by atoms with E-state index in [1.165, 1.54) is 4.68 Å². The van der Waals surface area contributed by atoms with E-state index in [2.05, 4.69) is 15.5 Å². The predicted molar refractivity (Wildman–Crippen MR) is 125 cm³/mol. The number of hydrogen-bond acceptors (Lipinski definition) is 4. The Morgan fingerprint density at radius 3 is 2.47 bits per heavy atom. The lowest BCUT2D eigenvalue weighted by Crippen LogP contribution is -2.30. The van der Waals surface area contributed by atoms with Crippen molar-refractivity contribution < 1.29 is 4.79 Å². The fraction of sp³-hybridized carbons (Fsp3) is 0.250. The monoisotopic (exact) mass is 449 g/mol. The first-order valence-corrected chi connectivity index (χ1v) is 10.9. The Bertz CT molecular complexity index is 1310. The van der Waals surface area contributed by atoms with Crippen molar-refractivity contribution in [2.24, 2.45) is 0 Å². The van der Waals surface area contributed by atoms with Crippen molar-refractivity contribution in [1.82, 2.24) is 24.9 Å². The molecule has 0 atom stereocenters. The Hall–Kier alpha value is -3.45. The highest BCUT2D eigenvalue weighted by Gasteiger charge is 2.17. The second-order valence-corrected chi connectivity index (χ2v) is 8.08. The van der Waals surface area contributed by atoms with E-state index in [9.17, 15) is 9.59 Å². The van der Waals surface area contributed by atoms with E-state index in [-0.39, 0.29) is 24.4 Å². The molecule has 4 aromatic rings. The van der Waals surface area contributed by atoms with Crippen LogP contribution in [0.2, 0.25) is 5.02 Å². The zero-order chi connectivity index (χ0) is 22.7. The van der Waals surface area contributed by atoms with Crippen LogP contribution in [-0.2, 0) is 17.8 Å². The van der Waals surface area contributed by atoms with Gasteiger partial charge in [0.05, 0.1) is 29.0 Å². The van der Waals surface area contributed by atoms with Crippen molar-refractivity contribution in [3.63, 3.8) is 0 Å². The Labute approximate surface area is 190 Å². The number of fused-ring (bicyclic) bond motifs is 1. The van der Waals surface area contributed by atoms with Crippen molar-refractivity contribution >= 4 is 28.4 Å². The number of para-hydroxylation sites is 1. The Balaban J connectivity index is 1.45. The molecule has 0 aliphatic rings. The van der Waals surface area contributed by atoms with Crippen LogP contribution in [0, 0.1) is 13.8 Å². The maximum Gasteiger partial charge on any atom is 0.295 e. The molecule has 7 nitrogen and oxygen atoms in total. The first-order valence-electron chi connectivity index (χ1n) is 10.5. The second kappa shape index (κ2) is 9.36. The van der Waals surface area contributed by atoms with Crippen LogP contribution < -0.4 is 10.9 Å². The molecule has 0 fully saturated rings. The molecule has 0 unspecified atom stereocenters. The Kier molecular flexibility index (Phi) is 6.37. The van der Waals surface area contributed by atoms with Crippen molar-refractivity contribution in [3.8, 4) is 5.69 Å². The summed E-state index contributed by atoms with van der Waals surface area (Å²) in [4.78, 5) is 25.3. The highest BCUT2D eigenvalue weighted by molar-refractivity contribution is 6.30. The predicted octanol–water partition coefficient (Wildman–Crippen LogP) is 3.60. The van der Waals surface area contributed by atoms with Gasteiger partial charge >= 0.3 is 0 Å². The number of aryl methyl sites for hydroxylation is 3. The van der Waals surface area contributed by atoms with Gasteiger partial charge in [-0.1, -0.05) is 41.9 Å². The SMILES string of the molecule is Cc1nn(CCC(=O)NCCc2ccc(Cl)cc2)c(=O)c2nn(-c3ccccc3)c(C)c12. The number of carbonyl (C=O) groups is 1. The normalized spacial score (nSPS) is 11.1. The van der Waals surface area contributed by atoms with Gasteiger partial charge in [-0.15, -0.1) is 0 Å². The van der Waals surface area contributed by atoms with Gasteiger partial charge in [0.25, 0.3) is 5.56 Å². The summed E-state index contributed by atoms with van der Waals surface area (Å²) in [6, 6.07) is 17.2. The molecule has 1 amide bonds. The van der Waals surface area contributed by atoms with Gasteiger partial charge in [-0.05, 0) is 50.1 Å². The number of benzene rings is 2. The van der Waals surface area contributed by atoms with Gasteiger partial charge < -0.3 is 5.32 Å². The van der Waals surface area contributed by atoms with Crippen molar-refractivity contribution in [2.75, 3.05) is 6.54 Å². The van der Waals surface area contributed by atoms with E-state index in [1.807, 2.05) is 68.4 Å². The number of nitrogens with zero attached hydrogens (tertiary/aromatic N) is 4. The number of aromatic nitrogens is 4. The Morgan fingerprint density at radius 2 is 1.75 bits per heavy atom. The molecule has 0 spiro atoms. The van der Waals surface area contributed by atoms with Crippen molar-refractivity contribution in [1.29, 1.82) is 0 Å². The van der Waals surface area contributed by atoms with E-state index in [0.29, 0.717) is 29.2 Å². The van der Waals surface area contributed by atoms with Gasteiger partial charge in [-0.25, -0.2) is 9.36 Å². The van der Waals surface area contributed by atoms with Crippen LogP contribution in [0.15, 0.2) is 59.4 Å². The molecule has 2 aromatic carbocycles. The third-order valence-corrected chi connectivity index (χ3v) is 5.64. The van der Waals surface area contributed by atoms with Crippen LogP contribution in [0.5, 0.6) is 0 Å². The minimum absolute atomic E-state index is 0.128. The van der Waals surface area contributed by atoms with Gasteiger partial charge in [0.1, 0.15) is 0 Å². The summed E-state index contributed by atoms with van der Waals surface area (Å²) in [5, 5.41) is 13.3. The summed E-state index contributed by atoms with van der Waals surface area (Å²) < 4.78 is 3.09. The maximum absolute atomic E-state index is 13.0. The molecule has 2 aromatic heterocycles. The number of hydrogen-bond donors (Lipinski definition) is 1. The number of nitrogens with one attached hydrogen (secondary N) is 1. The van der Waals surface area contributed by atoms with Crippen LogP contribution in [0.3, 0.4) is 0 Å². The minimum Gasteiger partial charge on any atom is -0.356 e. The van der Waals surface area contributed by atoms with E-state index in [1.54, 1.807) is 4.68 Å². The minimum atomic E-state index is -0.294. The van der Waals surface area contributed by atoms with Gasteiger partial charge in [0.15, 0.2) is 5.52 Å². The average molecular weight is 450 g/mol. The maximum atomic E-state index is 13.0. The first kappa shape index (κ1) is 21.8. The van der Waals surface area contributed by atoms with Crippen LogP contribution >= 0.6 is 11.6 Å². The summed E-state index contributed by atoms with van der Waals surface area (Å²) in [6.45, 7) is 4.49. The van der Waals surface area contributed by atoms with Crippen molar-refractivity contribution in [3.05, 3.63) is 86.9 Å². The summed E-state index contributed by atoms with van der Waals surface area (Å²) in [7, 11) is 0. The first-order chi connectivity index (χ1) is 15.4. The molecule has 1 N–H and O–H groups in total. The van der Waals surface area contributed by atoms with E-state index in [0.717, 1.165) is 22.3 Å². The van der Waals surface area contributed by atoms with Gasteiger partial charge in [-0.2, -0.15) is 10.2 Å². The van der Waals surface area contributed by atoms with Gasteiger partial charge in [0.2, 0.25) is 5.91 Å². The standard InChI is InChI=1S/C24H24ClN5O2/c1-16-22-17(2)30(20-6-4-3-5-7-20)28-23(22)24(32)29(27-16)15-13-21(31)26-14-12-18-8-10-19(25)11-9-18/h3-11H,12-15H2,1-2H3,(H,26,31). The lowest BCUT2D eigenvalue weighted by atomic mass is 10.1. The quantitative estimate of drug-likeness (QED) is 0.467. The number of halogens is 1. The summed E-state index contributed by atoms with van der Waals surface area (Å²) in [5.74, 6) is -0.128. The van der Waals surface area contributed by atoms with Crippen LogP contribution in [0.1, 0.15) is 23.4 Å². The zero-order valence-corrected chi connectivity index (χ0v) is 18.8. The zero-order valence-electron chi connectivity index (χ0n) is 18.0. The second-order valence-electron chi connectivity index (χ2n) is 7.65. The van der Waals surface area contributed by atoms with Crippen LogP contribution in [0.4, 0.5) is 0 Å². The van der Waals surface area contributed by atoms with Crippen LogP contribution in [0.25, 0.3) is 16.6 Å². The molecule has 164 valence electrons. The molecule has 0 aliphatic carbocycles. The fourth-order valence-corrected chi connectivity index (χ4v) is 3.88. The highest BCUT2D eigenvalue weighted by Crippen LogP contribution is 2.20. The van der Waals surface area contributed by atoms with Crippen LogP contribution in [-0.4, -0.2) is 32.0 Å². The number of rotatable bonds is 7. The third-order valence-electron chi connectivity index (χ3n) is 5.39. The highest BCUT2D eigenvalue weighted by atomic mass is 35.5. The summed E-state index contributed by atoms with van der Waals surface area (Å²) in [5.41, 5.74) is 3.62. The molecule has 2 heterocycles. The van der Waals surface area contributed by atoms with Gasteiger partial charge in [0, 0.05) is 18.0 Å². The molecule has 0 aliphatic heterocycles. The lowest BCUT2D eigenvalue weighted by molar-refractivity contribution is -0.121. The molecule has 0 saturated carbocycles. The lowest BCUT2D eigenvalue weighted by Gasteiger charge is -2.08. The topological polar surface area (TPSA) is 81.8 Å². The largest absolute Gasteiger partial charge is 0.356 e. The smallest absolute Gasteiger partial charge is 0.295 e. The molecule has 0 saturated heterocycles. The number of carbonyl (C=O) groups excluding carboxylic acids is 1. The van der Waals surface area contributed by atoms with Gasteiger partial charge in [-0.3, -0.25) is 9.59 Å². The molecule has 32 heavy (non-hydrogen) atoms. The van der Waals surface area contributed by atoms with E-state index >= 15 is 0 Å². The number of amides is 1. The average Bonchev–Trinajstić information content (AvgIpc) is 3.15. The molecule has 0 radical (unpaired) electrons. The molecular weight excluding hydrogens is 426 g/mol. The summed E-state index contributed by atoms with van der Waals surface area (Å²) >= 11 is 5.89. The summed E-state index contributed by atoms with van der Waals surface area (Å²) in [6.07, 6.45) is 0.874.